The van der Waals surface area contributed by atoms with Crippen molar-refractivity contribution in [2.75, 3.05) is 16.9 Å². The highest BCUT2D eigenvalue weighted by atomic mass is 35.5. The summed E-state index contributed by atoms with van der Waals surface area (Å²) in [5.41, 5.74) is 9.47. The summed E-state index contributed by atoms with van der Waals surface area (Å²) in [6.07, 6.45) is 1.77. The first kappa shape index (κ1) is 19.2. The number of hydrogen-bond donors (Lipinski definition) is 2. The van der Waals surface area contributed by atoms with E-state index in [1.54, 1.807) is 6.33 Å². The van der Waals surface area contributed by atoms with Crippen molar-refractivity contribution in [2.24, 2.45) is 5.73 Å². The predicted molar refractivity (Wildman–Crippen MR) is 117 cm³/mol. The Bertz CT molecular complexity index is 1110. The number of nitrogens with zero attached hydrogens (tertiary/aromatic N) is 5. The van der Waals surface area contributed by atoms with Gasteiger partial charge >= 0.3 is 0 Å². The first-order valence-electron chi connectivity index (χ1n) is 9.42. The maximum Gasteiger partial charge on any atom is 0.230 e. The summed E-state index contributed by atoms with van der Waals surface area (Å²) in [5, 5.41) is 3.98. The molecule has 0 saturated carbocycles. The Kier molecular flexibility index (Phi) is 5.59. The van der Waals surface area contributed by atoms with E-state index in [4.69, 9.17) is 27.3 Å². The maximum absolute atomic E-state index is 6.13. The van der Waals surface area contributed by atoms with Gasteiger partial charge < -0.3 is 20.5 Å². The molecule has 2 aromatic carbocycles. The molecule has 0 saturated heterocycles. The minimum absolute atomic E-state index is 0.289. The van der Waals surface area contributed by atoms with Crippen molar-refractivity contribution in [1.29, 1.82) is 0 Å². The number of fused-ring (bicyclic) bond motifs is 1. The molecule has 4 aromatic rings. The molecule has 4 rings (SSSR count). The minimum atomic E-state index is 0.289. The molecule has 0 amide bonds. The van der Waals surface area contributed by atoms with Gasteiger partial charge in [-0.05, 0) is 30.7 Å². The van der Waals surface area contributed by atoms with Gasteiger partial charge in [0, 0.05) is 23.8 Å². The van der Waals surface area contributed by atoms with E-state index < -0.39 is 0 Å². The minimum Gasteiger partial charge on any atom is -0.338 e. The van der Waals surface area contributed by atoms with E-state index in [0.29, 0.717) is 28.9 Å². The zero-order chi connectivity index (χ0) is 20.2. The van der Waals surface area contributed by atoms with Gasteiger partial charge in [0.25, 0.3) is 0 Å². The molecule has 3 N–H and O–H groups in total. The summed E-state index contributed by atoms with van der Waals surface area (Å²) in [5.74, 6) is 1.16. The van der Waals surface area contributed by atoms with Gasteiger partial charge in [-0.1, -0.05) is 48.0 Å². The van der Waals surface area contributed by atoms with Crippen molar-refractivity contribution in [3.8, 4) is 0 Å². The highest BCUT2D eigenvalue weighted by Gasteiger charge is 2.17. The van der Waals surface area contributed by atoms with Crippen LogP contribution in [0.2, 0.25) is 5.02 Å². The third-order valence-electron chi connectivity index (χ3n) is 4.60. The van der Waals surface area contributed by atoms with Crippen LogP contribution in [0.15, 0.2) is 60.9 Å². The standard InChI is InChI=1S/C21H22ClN7/c1-2-28-14-24-18-19(25-17-10-6-9-16(22)11-17)26-21(27-20(18)28)29(13-23)12-15-7-4-3-5-8-15/h3-11,14H,2,12-13,23H2,1H3,(H,25,26,27). The molecular formula is C21H22ClN7. The average Bonchev–Trinajstić information content (AvgIpc) is 3.16. The van der Waals surface area contributed by atoms with Crippen LogP contribution >= 0.6 is 11.6 Å². The monoisotopic (exact) mass is 407 g/mol. The molecule has 7 nitrogen and oxygen atoms in total. The van der Waals surface area contributed by atoms with E-state index >= 15 is 0 Å². The van der Waals surface area contributed by atoms with Crippen LogP contribution in [0.1, 0.15) is 12.5 Å². The van der Waals surface area contributed by atoms with Crippen LogP contribution in [0.4, 0.5) is 17.5 Å². The second-order valence-electron chi connectivity index (χ2n) is 6.58. The molecule has 0 radical (unpaired) electrons. The molecule has 0 aliphatic rings. The van der Waals surface area contributed by atoms with E-state index in [0.717, 1.165) is 23.4 Å². The number of hydrogen-bond acceptors (Lipinski definition) is 6. The molecule has 0 aliphatic carbocycles. The normalized spacial score (nSPS) is 11.0. The van der Waals surface area contributed by atoms with Crippen LogP contribution in [-0.2, 0) is 13.1 Å². The topological polar surface area (TPSA) is 84.9 Å². The Hall–Kier alpha value is -3.16. The maximum atomic E-state index is 6.13. The Morgan fingerprint density at radius 3 is 2.66 bits per heavy atom. The summed E-state index contributed by atoms with van der Waals surface area (Å²) in [4.78, 5) is 16.0. The van der Waals surface area contributed by atoms with Crippen molar-refractivity contribution < 1.29 is 0 Å². The van der Waals surface area contributed by atoms with Crippen molar-refractivity contribution in [3.05, 3.63) is 71.5 Å². The number of aryl methyl sites for hydroxylation is 1. The van der Waals surface area contributed by atoms with Gasteiger partial charge in [-0.25, -0.2) is 4.98 Å². The lowest BCUT2D eigenvalue weighted by Gasteiger charge is -2.21. The Morgan fingerprint density at radius 2 is 1.93 bits per heavy atom. The predicted octanol–water partition coefficient (Wildman–Crippen LogP) is 4.17. The fourth-order valence-corrected chi connectivity index (χ4v) is 3.31. The van der Waals surface area contributed by atoms with Crippen molar-refractivity contribution in [1.82, 2.24) is 19.5 Å². The number of aromatic nitrogens is 4. The highest BCUT2D eigenvalue weighted by molar-refractivity contribution is 6.30. The zero-order valence-corrected chi connectivity index (χ0v) is 16.8. The summed E-state index contributed by atoms with van der Waals surface area (Å²) in [6.45, 7) is 3.71. The molecule has 0 spiro atoms. The molecule has 0 atom stereocenters. The van der Waals surface area contributed by atoms with E-state index in [9.17, 15) is 0 Å². The van der Waals surface area contributed by atoms with Crippen LogP contribution in [-0.4, -0.2) is 26.2 Å². The number of halogens is 1. The second kappa shape index (κ2) is 8.46. The van der Waals surface area contributed by atoms with Crippen molar-refractivity contribution in [2.45, 2.75) is 20.0 Å². The van der Waals surface area contributed by atoms with Gasteiger partial charge in [0.1, 0.15) is 0 Å². The van der Waals surface area contributed by atoms with Gasteiger partial charge in [-0.15, -0.1) is 0 Å². The molecule has 2 heterocycles. The smallest absolute Gasteiger partial charge is 0.230 e. The van der Waals surface area contributed by atoms with Gasteiger partial charge in [0.05, 0.1) is 13.0 Å². The van der Waals surface area contributed by atoms with Crippen LogP contribution in [0.5, 0.6) is 0 Å². The summed E-state index contributed by atoms with van der Waals surface area (Å²) >= 11 is 6.13. The van der Waals surface area contributed by atoms with Gasteiger partial charge in [0.15, 0.2) is 17.0 Å². The number of rotatable bonds is 7. The first-order chi connectivity index (χ1) is 14.2. The van der Waals surface area contributed by atoms with E-state index in [-0.39, 0.29) is 6.67 Å². The van der Waals surface area contributed by atoms with Crippen LogP contribution in [0, 0.1) is 0 Å². The Balaban J connectivity index is 1.77. The van der Waals surface area contributed by atoms with Gasteiger partial charge in [0.2, 0.25) is 5.95 Å². The summed E-state index contributed by atoms with van der Waals surface area (Å²) in [7, 11) is 0. The number of imidazole rings is 1. The molecule has 0 unspecified atom stereocenters. The Morgan fingerprint density at radius 1 is 1.10 bits per heavy atom. The van der Waals surface area contributed by atoms with Crippen LogP contribution in [0.3, 0.4) is 0 Å². The van der Waals surface area contributed by atoms with Gasteiger partial charge in [-0.2, -0.15) is 9.97 Å². The lowest BCUT2D eigenvalue weighted by Crippen LogP contribution is -2.31. The van der Waals surface area contributed by atoms with Gasteiger partial charge in [-0.3, -0.25) is 0 Å². The highest BCUT2D eigenvalue weighted by Crippen LogP contribution is 2.27. The molecule has 0 bridgehead atoms. The first-order valence-corrected chi connectivity index (χ1v) is 9.80. The van der Waals surface area contributed by atoms with E-state index in [2.05, 4.69) is 29.4 Å². The van der Waals surface area contributed by atoms with Crippen molar-refractivity contribution in [3.63, 3.8) is 0 Å². The van der Waals surface area contributed by atoms with E-state index in [1.807, 2.05) is 51.9 Å². The number of anilines is 3. The third-order valence-corrected chi connectivity index (χ3v) is 4.83. The number of nitrogens with one attached hydrogen (secondary N) is 1. The molecule has 0 fully saturated rings. The molecule has 0 aliphatic heterocycles. The molecular weight excluding hydrogens is 386 g/mol. The van der Waals surface area contributed by atoms with Crippen LogP contribution < -0.4 is 16.0 Å². The Labute approximate surface area is 174 Å². The lowest BCUT2D eigenvalue weighted by molar-refractivity contribution is 0.758. The SMILES string of the molecule is CCn1cnc2c(Nc3cccc(Cl)c3)nc(N(CN)Cc3ccccc3)nc21. The van der Waals surface area contributed by atoms with E-state index in [1.165, 1.54) is 0 Å². The average molecular weight is 408 g/mol. The molecule has 2 aromatic heterocycles. The fourth-order valence-electron chi connectivity index (χ4n) is 3.12. The number of nitrogens with two attached hydrogens (primary N) is 1. The van der Waals surface area contributed by atoms with Crippen molar-refractivity contribution >= 4 is 40.2 Å². The summed E-state index contributed by atoms with van der Waals surface area (Å²) < 4.78 is 1.99. The lowest BCUT2D eigenvalue weighted by atomic mass is 10.2. The largest absolute Gasteiger partial charge is 0.338 e. The number of benzene rings is 2. The molecule has 148 valence electrons. The summed E-state index contributed by atoms with van der Waals surface area (Å²) in [6, 6.07) is 17.6. The van der Waals surface area contributed by atoms with Crippen LogP contribution in [0.25, 0.3) is 11.2 Å². The molecule has 8 heteroatoms. The molecule has 29 heavy (non-hydrogen) atoms. The zero-order valence-electron chi connectivity index (χ0n) is 16.1. The third kappa shape index (κ3) is 4.16. The quantitative estimate of drug-likeness (QED) is 0.447. The second-order valence-corrected chi connectivity index (χ2v) is 7.01. The fraction of sp³-hybridized carbons (Fsp3) is 0.190.